The van der Waals surface area contributed by atoms with Crippen molar-refractivity contribution in [3.8, 4) is 0 Å². The van der Waals surface area contributed by atoms with Crippen molar-refractivity contribution in [1.82, 2.24) is 15.5 Å². The Bertz CT molecular complexity index is 387. The number of rotatable bonds is 3. The zero-order valence-electron chi connectivity index (χ0n) is 10.4. The number of amides is 3. The number of nitrogens with one attached hydrogen (secondary N) is 2. The molecule has 106 valence electrons. The van der Waals surface area contributed by atoms with E-state index >= 15 is 0 Å². The van der Waals surface area contributed by atoms with Gasteiger partial charge in [0.25, 0.3) is 0 Å². The van der Waals surface area contributed by atoms with E-state index in [-0.39, 0.29) is 37.4 Å². The van der Waals surface area contributed by atoms with Crippen molar-refractivity contribution in [1.29, 1.82) is 0 Å². The normalized spacial score (nSPS) is 26.9. The van der Waals surface area contributed by atoms with Crippen molar-refractivity contribution in [3.05, 3.63) is 0 Å². The predicted octanol–water partition coefficient (Wildman–Crippen LogP) is -1.24. The van der Waals surface area contributed by atoms with E-state index in [1.165, 1.54) is 4.90 Å². The number of ether oxygens (including phenoxy) is 1. The van der Waals surface area contributed by atoms with E-state index < -0.39 is 12.0 Å². The summed E-state index contributed by atoms with van der Waals surface area (Å²) in [5.41, 5.74) is 0. The van der Waals surface area contributed by atoms with Crippen molar-refractivity contribution in [3.63, 3.8) is 0 Å². The summed E-state index contributed by atoms with van der Waals surface area (Å²) >= 11 is 0. The lowest BCUT2D eigenvalue weighted by Crippen LogP contribution is -2.55. The Hall–Kier alpha value is -1.83. The quantitative estimate of drug-likeness (QED) is 0.595. The summed E-state index contributed by atoms with van der Waals surface area (Å²) in [6, 6.07) is -1.03. The molecule has 0 aromatic heterocycles. The number of nitrogens with zero attached hydrogens (tertiary/aromatic N) is 1. The highest BCUT2D eigenvalue weighted by Gasteiger charge is 2.31. The molecule has 2 fully saturated rings. The average molecular weight is 271 g/mol. The van der Waals surface area contributed by atoms with Gasteiger partial charge in [-0.3, -0.25) is 9.59 Å². The fourth-order valence-electron chi connectivity index (χ4n) is 2.26. The van der Waals surface area contributed by atoms with E-state index in [1.807, 2.05) is 0 Å². The minimum Gasteiger partial charge on any atom is -0.481 e. The van der Waals surface area contributed by atoms with Crippen LogP contribution in [0.1, 0.15) is 12.8 Å². The van der Waals surface area contributed by atoms with Crippen LogP contribution in [-0.2, 0) is 14.3 Å². The molecular formula is C11H17N3O5. The second-order valence-corrected chi connectivity index (χ2v) is 4.67. The Balaban J connectivity index is 1.91. The molecule has 0 aromatic rings. The molecule has 2 saturated heterocycles. The first kappa shape index (κ1) is 13.6. The number of carbonyl (C=O) groups is 3. The monoisotopic (exact) mass is 271 g/mol. The molecule has 2 aliphatic heterocycles. The molecule has 0 radical (unpaired) electrons. The summed E-state index contributed by atoms with van der Waals surface area (Å²) in [5, 5.41) is 14.2. The molecule has 19 heavy (non-hydrogen) atoms. The van der Waals surface area contributed by atoms with Crippen LogP contribution in [-0.4, -0.2) is 66.3 Å². The number of carbonyl (C=O) groups excluding carboxylic acids is 2. The van der Waals surface area contributed by atoms with Gasteiger partial charge in [0.05, 0.1) is 31.7 Å². The highest BCUT2D eigenvalue weighted by molar-refractivity contribution is 5.81. The Labute approximate surface area is 110 Å². The summed E-state index contributed by atoms with van der Waals surface area (Å²) < 4.78 is 5.20. The van der Waals surface area contributed by atoms with E-state index in [0.29, 0.717) is 19.7 Å². The maximum atomic E-state index is 12.1. The molecule has 3 amide bonds. The number of morpholine rings is 1. The Morgan fingerprint density at radius 2 is 2.32 bits per heavy atom. The summed E-state index contributed by atoms with van der Waals surface area (Å²) in [6.07, 6.45) is 0.120. The van der Waals surface area contributed by atoms with E-state index in [4.69, 9.17) is 9.84 Å². The number of carboxylic acid groups (broad SMARTS) is 1. The zero-order chi connectivity index (χ0) is 13.8. The first-order chi connectivity index (χ1) is 9.06. The molecule has 2 unspecified atom stereocenters. The first-order valence-corrected chi connectivity index (χ1v) is 6.19. The van der Waals surface area contributed by atoms with Gasteiger partial charge in [-0.05, 0) is 0 Å². The fourth-order valence-corrected chi connectivity index (χ4v) is 2.26. The first-order valence-electron chi connectivity index (χ1n) is 6.19. The molecule has 8 heteroatoms. The highest BCUT2D eigenvalue weighted by Crippen LogP contribution is 2.12. The van der Waals surface area contributed by atoms with Crippen molar-refractivity contribution in [2.24, 2.45) is 0 Å². The van der Waals surface area contributed by atoms with E-state index in [9.17, 15) is 14.4 Å². The largest absolute Gasteiger partial charge is 0.481 e. The topological polar surface area (TPSA) is 108 Å². The molecular weight excluding hydrogens is 254 g/mol. The molecule has 0 saturated carbocycles. The number of hydrogen-bond acceptors (Lipinski definition) is 4. The molecule has 0 aromatic carbocycles. The van der Waals surface area contributed by atoms with Crippen molar-refractivity contribution in [2.75, 3.05) is 26.3 Å². The molecule has 0 bridgehead atoms. The van der Waals surface area contributed by atoms with Crippen molar-refractivity contribution < 1.29 is 24.2 Å². The smallest absolute Gasteiger partial charge is 0.318 e. The standard InChI is InChI=1S/C11H17N3O5/c15-9-3-7(5-12-9)13-11(18)14-1-2-19-6-8(14)4-10(16)17/h7-8H,1-6H2,(H,12,15)(H,13,18)(H,16,17). The van der Waals surface area contributed by atoms with Gasteiger partial charge in [-0.15, -0.1) is 0 Å². The Morgan fingerprint density at radius 3 is 2.95 bits per heavy atom. The van der Waals surface area contributed by atoms with Gasteiger partial charge in [0, 0.05) is 19.5 Å². The lowest BCUT2D eigenvalue weighted by Gasteiger charge is -2.35. The van der Waals surface area contributed by atoms with Gasteiger partial charge in [-0.25, -0.2) is 4.79 Å². The lowest BCUT2D eigenvalue weighted by molar-refractivity contribution is -0.139. The van der Waals surface area contributed by atoms with Crippen LogP contribution < -0.4 is 10.6 Å². The summed E-state index contributed by atoms with van der Waals surface area (Å²) in [4.78, 5) is 35.4. The number of hydrogen-bond donors (Lipinski definition) is 3. The van der Waals surface area contributed by atoms with Crippen LogP contribution in [0, 0.1) is 0 Å². The second kappa shape index (κ2) is 5.87. The number of carboxylic acids is 1. The van der Waals surface area contributed by atoms with Crippen LogP contribution in [0.15, 0.2) is 0 Å². The molecule has 8 nitrogen and oxygen atoms in total. The lowest BCUT2D eigenvalue weighted by atomic mass is 10.1. The van der Waals surface area contributed by atoms with Gasteiger partial charge >= 0.3 is 12.0 Å². The van der Waals surface area contributed by atoms with Crippen molar-refractivity contribution >= 4 is 17.9 Å². The van der Waals surface area contributed by atoms with Crippen molar-refractivity contribution in [2.45, 2.75) is 24.9 Å². The van der Waals surface area contributed by atoms with Gasteiger partial charge in [0.1, 0.15) is 0 Å². The second-order valence-electron chi connectivity index (χ2n) is 4.67. The minimum absolute atomic E-state index is 0.0886. The van der Waals surface area contributed by atoms with Crippen LogP contribution in [0.5, 0.6) is 0 Å². The van der Waals surface area contributed by atoms with E-state index in [0.717, 1.165) is 0 Å². The van der Waals surface area contributed by atoms with Crippen LogP contribution in [0.25, 0.3) is 0 Å². The molecule has 3 N–H and O–H groups in total. The molecule has 2 rings (SSSR count). The van der Waals surface area contributed by atoms with Gasteiger partial charge in [0.2, 0.25) is 5.91 Å². The van der Waals surface area contributed by atoms with Crippen LogP contribution in [0.4, 0.5) is 4.79 Å². The fraction of sp³-hybridized carbons (Fsp3) is 0.727. The SMILES string of the molecule is O=C(O)CC1COCCN1C(=O)NC1CNC(=O)C1. The summed E-state index contributed by atoms with van der Waals surface area (Å²) in [5.74, 6) is -1.06. The maximum absolute atomic E-state index is 12.1. The van der Waals surface area contributed by atoms with E-state index in [1.54, 1.807) is 0 Å². The average Bonchev–Trinajstić information content (AvgIpc) is 2.74. The van der Waals surface area contributed by atoms with Crippen LogP contribution in [0.2, 0.25) is 0 Å². The molecule has 2 aliphatic rings. The predicted molar refractivity (Wildman–Crippen MR) is 63.5 cm³/mol. The van der Waals surface area contributed by atoms with E-state index in [2.05, 4.69) is 10.6 Å². The molecule has 2 heterocycles. The third-order valence-electron chi connectivity index (χ3n) is 3.20. The van der Waals surface area contributed by atoms with Crippen LogP contribution in [0.3, 0.4) is 0 Å². The maximum Gasteiger partial charge on any atom is 0.318 e. The third-order valence-corrected chi connectivity index (χ3v) is 3.20. The van der Waals surface area contributed by atoms with Gasteiger partial charge < -0.3 is 25.4 Å². The van der Waals surface area contributed by atoms with Gasteiger partial charge in [-0.2, -0.15) is 0 Å². The van der Waals surface area contributed by atoms with Crippen LogP contribution >= 0.6 is 0 Å². The zero-order valence-corrected chi connectivity index (χ0v) is 10.4. The van der Waals surface area contributed by atoms with Gasteiger partial charge in [-0.1, -0.05) is 0 Å². The Kier molecular flexibility index (Phi) is 4.20. The number of urea groups is 1. The third kappa shape index (κ3) is 3.57. The summed E-state index contributed by atoms with van der Waals surface area (Å²) in [6.45, 7) is 1.39. The molecule has 0 spiro atoms. The summed E-state index contributed by atoms with van der Waals surface area (Å²) in [7, 11) is 0. The molecule has 2 atom stereocenters. The Morgan fingerprint density at radius 1 is 1.53 bits per heavy atom. The molecule has 0 aliphatic carbocycles. The highest BCUT2D eigenvalue weighted by atomic mass is 16.5. The van der Waals surface area contributed by atoms with Gasteiger partial charge in [0.15, 0.2) is 0 Å². The minimum atomic E-state index is -0.967. The number of aliphatic carboxylic acids is 1.